The minimum absolute atomic E-state index is 0.106. The number of guanidine groups is 1. The monoisotopic (exact) mass is 394 g/mol. The third-order valence-corrected chi connectivity index (χ3v) is 7.29. The van der Waals surface area contributed by atoms with Gasteiger partial charge in [0.1, 0.15) is 0 Å². The average Bonchev–Trinajstić information content (AvgIpc) is 2.63. The molecule has 0 spiro atoms. The van der Waals surface area contributed by atoms with Crippen molar-refractivity contribution in [1.29, 1.82) is 0 Å². The maximum Gasteiger partial charge on any atom is 0.251 e. The van der Waals surface area contributed by atoms with Crippen molar-refractivity contribution in [1.82, 2.24) is 15.5 Å². The molecule has 1 amide bonds. The summed E-state index contributed by atoms with van der Waals surface area (Å²) in [5, 5.41) is 5.88. The van der Waals surface area contributed by atoms with E-state index in [0.29, 0.717) is 38.2 Å². The Balaban J connectivity index is 2.07. The van der Waals surface area contributed by atoms with Crippen molar-refractivity contribution in [3.8, 4) is 0 Å². The van der Waals surface area contributed by atoms with E-state index in [0.717, 1.165) is 11.5 Å². The molecular formula is C19H30N4O3S. The SMILES string of the molecule is CCNC(=NCCc1cccc(C(=O)NC)c1)N1CCS(=O)(=O)C(C)(C)C1. The lowest BCUT2D eigenvalue weighted by molar-refractivity contribution is 0.0963. The highest BCUT2D eigenvalue weighted by molar-refractivity contribution is 7.92. The Hall–Kier alpha value is -2.09. The van der Waals surface area contributed by atoms with Gasteiger partial charge in [-0.1, -0.05) is 12.1 Å². The van der Waals surface area contributed by atoms with Crippen molar-refractivity contribution < 1.29 is 13.2 Å². The van der Waals surface area contributed by atoms with Gasteiger partial charge in [-0.15, -0.1) is 0 Å². The largest absolute Gasteiger partial charge is 0.357 e. The van der Waals surface area contributed by atoms with E-state index in [2.05, 4.69) is 15.6 Å². The molecule has 0 radical (unpaired) electrons. The Labute approximate surface area is 162 Å². The van der Waals surface area contributed by atoms with E-state index in [9.17, 15) is 13.2 Å². The van der Waals surface area contributed by atoms with Gasteiger partial charge in [0.05, 0.1) is 10.5 Å². The molecule has 0 unspecified atom stereocenters. The molecule has 0 saturated carbocycles. The topological polar surface area (TPSA) is 90.9 Å². The van der Waals surface area contributed by atoms with Crippen LogP contribution in [0.3, 0.4) is 0 Å². The third-order valence-electron chi connectivity index (χ3n) is 4.76. The molecule has 2 N–H and O–H groups in total. The number of nitrogens with one attached hydrogen (secondary N) is 2. The number of benzene rings is 1. The van der Waals surface area contributed by atoms with Crippen molar-refractivity contribution in [2.24, 2.45) is 4.99 Å². The maximum absolute atomic E-state index is 12.2. The highest BCUT2D eigenvalue weighted by Gasteiger charge is 2.40. The van der Waals surface area contributed by atoms with Crippen LogP contribution in [0, 0.1) is 0 Å². The normalized spacial score (nSPS) is 18.8. The summed E-state index contributed by atoms with van der Waals surface area (Å²) in [6.45, 7) is 7.67. The molecule has 1 heterocycles. The van der Waals surface area contributed by atoms with E-state index in [-0.39, 0.29) is 11.7 Å². The second-order valence-electron chi connectivity index (χ2n) is 7.27. The molecule has 0 atom stereocenters. The average molecular weight is 395 g/mol. The van der Waals surface area contributed by atoms with E-state index in [1.807, 2.05) is 30.0 Å². The van der Waals surface area contributed by atoms with Gasteiger partial charge in [-0.05, 0) is 44.9 Å². The first kappa shape index (κ1) is 21.2. The molecule has 1 fully saturated rings. The summed E-state index contributed by atoms with van der Waals surface area (Å²) in [7, 11) is -1.47. The summed E-state index contributed by atoms with van der Waals surface area (Å²) in [5.41, 5.74) is 1.67. The standard InChI is InChI=1S/C19H30N4O3S/c1-5-21-18(23-11-12-27(25,26)19(2,3)14-23)22-10-9-15-7-6-8-16(13-15)17(24)20-4/h6-8,13H,5,9-12,14H2,1-4H3,(H,20,24)(H,21,22). The number of rotatable bonds is 5. The van der Waals surface area contributed by atoms with Gasteiger partial charge in [0, 0.05) is 38.8 Å². The van der Waals surface area contributed by atoms with E-state index in [1.165, 1.54) is 0 Å². The predicted octanol–water partition coefficient (Wildman–Crippen LogP) is 1.06. The number of carbonyl (C=O) groups excluding carboxylic acids is 1. The summed E-state index contributed by atoms with van der Waals surface area (Å²) >= 11 is 0. The third kappa shape index (κ3) is 5.22. The lowest BCUT2D eigenvalue weighted by Gasteiger charge is -2.39. The second-order valence-corrected chi connectivity index (χ2v) is 10.0. The maximum atomic E-state index is 12.2. The van der Waals surface area contributed by atoms with Crippen LogP contribution in [0.25, 0.3) is 0 Å². The van der Waals surface area contributed by atoms with Crippen LogP contribution in [0.2, 0.25) is 0 Å². The minimum atomic E-state index is -3.08. The summed E-state index contributed by atoms with van der Waals surface area (Å²) in [6, 6.07) is 7.50. The molecule has 1 aromatic rings. The fourth-order valence-electron chi connectivity index (χ4n) is 3.05. The fourth-order valence-corrected chi connectivity index (χ4v) is 4.42. The first-order chi connectivity index (χ1) is 12.7. The van der Waals surface area contributed by atoms with Crippen LogP contribution < -0.4 is 10.6 Å². The zero-order valence-corrected chi connectivity index (χ0v) is 17.4. The molecule has 27 heavy (non-hydrogen) atoms. The van der Waals surface area contributed by atoms with Crippen LogP contribution in [-0.2, 0) is 16.3 Å². The molecule has 1 aliphatic rings. The van der Waals surface area contributed by atoms with Gasteiger partial charge in [-0.2, -0.15) is 0 Å². The van der Waals surface area contributed by atoms with Crippen molar-refractivity contribution in [3.63, 3.8) is 0 Å². The fraction of sp³-hybridized carbons (Fsp3) is 0.579. The Morgan fingerprint density at radius 3 is 2.70 bits per heavy atom. The molecule has 0 aromatic heterocycles. The van der Waals surface area contributed by atoms with Crippen molar-refractivity contribution >= 4 is 21.7 Å². The number of amides is 1. The van der Waals surface area contributed by atoms with Crippen LogP contribution in [0.15, 0.2) is 29.3 Å². The first-order valence-corrected chi connectivity index (χ1v) is 10.9. The molecule has 1 aliphatic heterocycles. The molecule has 0 bridgehead atoms. The smallest absolute Gasteiger partial charge is 0.251 e. The number of carbonyl (C=O) groups is 1. The van der Waals surface area contributed by atoms with Gasteiger partial charge in [0.25, 0.3) is 5.91 Å². The number of aliphatic imine (C=N–C) groups is 1. The predicted molar refractivity (Wildman–Crippen MR) is 109 cm³/mol. The van der Waals surface area contributed by atoms with Crippen LogP contribution in [0.1, 0.15) is 36.7 Å². The molecule has 1 aromatic carbocycles. The quantitative estimate of drug-likeness (QED) is 0.576. The second kappa shape index (κ2) is 8.73. The molecule has 8 heteroatoms. The number of hydrogen-bond acceptors (Lipinski definition) is 4. The summed E-state index contributed by atoms with van der Waals surface area (Å²) < 4.78 is 23.7. The lowest BCUT2D eigenvalue weighted by Crippen LogP contribution is -2.57. The van der Waals surface area contributed by atoms with Gasteiger partial charge in [-0.25, -0.2) is 8.42 Å². The van der Waals surface area contributed by atoms with Gasteiger partial charge in [0.2, 0.25) is 0 Å². The zero-order valence-electron chi connectivity index (χ0n) is 16.6. The lowest BCUT2D eigenvalue weighted by atomic mass is 10.1. The van der Waals surface area contributed by atoms with Crippen LogP contribution >= 0.6 is 0 Å². The highest BCUT2D eigenvalue weighted by Crippen LogP contribution is 2.23. The minimum Gasteiger partial charge on any atom is -0.357 e. The number of hydrogen-bond donors (Lipinski definition) is 2. The number of sulfone groups is 1. The van der Waals surface area contributed by atoms with Crippen LogP contribution in [0.4, 0.5) is 0 Å². The van der Waals surface area contributed by atoms with Crippen LogP contribution in [-0.4, -0.2) is 68.9 Å². The van der Waals surface area contributed by atoms with Crippen LogP contribution in [0.5, 0.6) is 0 Å². The molecule has 7 nitrogen and oxygen atoms in total. The van der Waals surface area contributed by atoms with Crippen molar-refractivity contribution in [3.05, 3.63) is 35.4 Å². The Bertz CT molecular complexity index is 803. The van der Waals surface area contributed by atoms with Gasteiger partial charge in [-0.3, -0.25) is 9.79 Å². The Morgan fingerprint density at radius 2 is 2.07 bits per heavy atom. The Kier molecular flexibility index (Phi) is 6.86. The van der Waals surface area contributed by atoms with Crippen molar-refractivity contribution in [2.45, 2.75) is 31.9 Å². The summed E-state index contributed by atoms with van der Waals surface area (Å²) in [4.78, 5) is 18.4. The molecule has 150 valence electrons. The van der Waals surface area contributed by atoms with E-state index in [1.54, 1.807) is 27.0 Å². The molecule has 2 rings (SSSR count). The van der Waals surface area contributed by atoms with Crippen molar-refractivity contribution in [2.75, 3.05) is 39.0 Å². The van der Waals surface area contributed by atoms with Gasteiger partial charge < -0.3 is 15.5 Å². The van der Waals surface area contributed by atoms with E-state index in [4.69, 9.17) is 0 Å². The highest BCUT2D eigenvalue weighted by atomic mass is 32.2. The van der Waals surface area contributed by atoms with E-state index < -0.39 is 14.6 Å². The first-order valence-electron chi connectivity index (χ1n) is 9.27. The summed E-state index contributed by atoms with van der Waals surface area (Å²) in [5.74, 6) is 0.770. The Morgan fingerprint density at radius 1 is 1.33 bits per heavy atom. The molecule has 0 aliphatic carbocycles. The van der Waals surface area contributed by atoms with Gasteiger partial charge >= 0.3 is 0 Å². The van der Waals surface area contributed by atoms with E-state index >= 15 is 0 Å². The molecular weight excluding hydrogens is 364 g/mol. The number of nitrogens with zero attached hydrogens (tertiary/aromatic N) is 2. The van der Waals surface area contributed by atoms with Gasteiger partial charge in [0.15, 0.2) is 15.8 Å². The zero-order chi connectivity index (χ0) is 20.1. The summed E-state index contributed by atoms with van der Waals surface area (Å²) in [6.07, 6.45) is 0.704. The molecule has 1 saturated heterocycles.